The summed E-state index contributed by atoms with van der Waals surface area (Å²) < 4.78 is 12.6. The third-order valence-electron chi connectivity index (χ3n) is 1.38. The van der Waals surface area contributed by atoms with E-state index < -0.39 is 0 Å². The molecule has 50 valence electrons. The first-order chi connectivity index (χ1) is 4.30. The van der Waals surface area contributed by atoms with Crippen LogP contribution in [-0.2, 0) is 0 Å². The molecule has 1 N–H and O–H groups in total. The maximum absolute atomic E-state index is 12.6. The van der Waals surface area contributed by atoms with Gasteiger partial charge in [-0.3, -0.25) is 0 Å². The molecule has 1 aliphatic heterocycles. The van der Waals surface area contributed by atoms with Crippen molar-refractivity contribution < 1.29 is 4.39 Å². The van der Waals surface area contributed by atoms with Crippen LogP contribution in [0.25, 0.3) is 0 Å². The molecule has 0 aromatic carbocycles. The molecular formula is C7H10FN. The Kier molecular flexibility index (Phi) is 1.88. The van der Waals surface area contributed by atoms with Crippen LogP contribution >= 0.6 is 0 Å². The van der Waals surface area contributed by atoms with Crippen LogP contribution in [0.2, 0.25) is 0 Å². The van der Waals surface area contributed by atoms with Gasteiger partial charge in [0.1, 0.15) is 5.83 Å². The average molecular weight is 127 g/mol. The fourth-order valence-corrected chi connectivity index (χ4v) is 0.729. The minimum atomic E-state index is -0.0278. The molecule has 0 fully saturated rings. The molecule has 0 aliphatic carbocycles. The van der Waals surface area contributed by atoms with Crippen LogP contribution in [0, 0.1) is 0 Å². The van der Waals surface area contributed by atoms with E-state index in [0.29, 0.717) is 6.54 Å². The van der Waals surface area contributed by atoms with Crippen molar-refractivity contribution in [2.24, 2.45) is 0 Å². The Hall–Kier alpha value is -0.790. The predicted molar refractivity (Wildman–Crippen MR) is 35.6 cm³/mol. The minimum absolute atomic E-state index is 0.0278. The van der Waals surface area contributed by atoms with Crippen LogP contribution in [0.4, 0.5) is 4.39 Å². The van der Waals surface area contributed by atoms with Crippen molar-refractivity contribution in [1.82, 2.24) is 5.32 Å². The van der Waals surface area contributed by atoms with Crippen molar-refractivity contribution in [1.29, 1.82) is 0 Å². The summed E-state index contributed by atoms with van der Waals surface area (Å²) in [5.41, 5.74) is 0.830. The van der Waals surface area contributed by atoms with Crippen LogP contribution in [0.5, 0.6) is 0 Å². The molecule has 1 rings (SSSR count). The molecule has 0 saturated heterocycles. The van der Waals surface area contributed by atoms with Gasteiger partial charge < -0.3 is 5.32 Å². The van der Waals surface area contributed by atoms with E-state index in [2.05, 4.69) is 5.32 Å². The van der Waals surface area contributed by atoms with Gasteiger partial charge in [-0.1, -0.05) is 6.08 Å². The highest BCUT2D eigenvalue weighted by atomic mass is 19.1. The molecule has 1 aliphatic rings. The number of rotatable bonds is 0. The monoisotopic (exact) mass is 127 g/mol. The smallest absolute Gasteiger partial charge is 0.118 e. The van der Waals surface area contributed by atoms with Crippen molar-refractivity contribution in [2.45, 2.75) is 13.3 Å². The van der Waals surface area contributed by atoms with Crippen LogP contribution < -0.4 is 5.32 Å². The maximum Gasteiger partial charge on any atom is 0.118 e. The summed E-state index contributed by atoms with van der Waals surface area (Å²) in [4.78, 5) is 0. The highest BCUT2D eigenvalue weighted by Crippen LogP contribution is 2.11. The molecule has 1 heterocycles. The Labute approximate surface area is 54.3 Å². The van der Waals surface area contributed by atoms with E-state index in [1.807, 2.05) is 13.0 Å². The predicted octanol–water partition coefficient (Wildman–Crippen LogP) is 1.74. The fourth-order valence-electron chi connectivity index (χ4n) is 0.729. The van der Waals surface area contributed by atoms with Crippen LogP contribution in [0.15, 0.2) is 23.7 Å². The van der Waals surface area contributed by atoms with E-state index in [0.717, 1.165) is 12.0 Å². The standard InChI is InChI=1S/C7H10FN/c1-6-3-2-4-9-5-7(6)8/h2,4,9H,3,5H2,1H3. The maximum atomic E-state index is 12.6. The lowest BCUT2D eigenvalue weighted by atomic mass is 10.2. The average Bonchev–Trinajstić information content (AvgIpc) is 1.99. The van der Waals surface area contributed by atoms with E-state index in [4.69, 9.17) is 0 Å². The highest BCUT2D eigenvalue weighted by Gasteiger charge is 2.00. The fraction of sp³-hybridized carbons (Fsp3) is 0.429. The van der Waals surface area contributed by atoms with Gasteiger partial charge in [-0.2, -0.15) is 0 Å². The summed E-state index contributed by atoms with van der Waals surface area (Å²) in [5.74, 6) is -0.0278. The number of nitrogens with one attached hydrogen (secondary N) is 1. The number of hydrogen-bond acceptors (Lipinski definition) is 1. The third-order valence-corrected chi connectivity index (χ3v) is 1.38. The first-order valence-corrected chi connectivity index (χ1v) is 3.03. The van der Waals surface area contributed by atoms with E-state index in [-0.39, 0.29) is 5.83 Å². The Bertz CT molecular complexity index is 158. The lowest BCUT2D eigenvalue weighted by Crippen LogP contribution is -2.05. The van der Waals surface area contributed by atoms with E-state index in [1.54, 1.807) is 6.20 Å². The highest BCUT2D eigenvalue weighted by molar-refractivity contribution is 5.13. The number of allylic oxidation sites excluding steroid dienone is 2. The molecule has 0 spiro atoms. The molecule has 0 amide bonds. The number of halogens is 1. The summed E-state index contributed by atoms with van der Waals surface area (Å²) in [6.07, 6.45) is 4.44. The molecule has 2 heteroatoms. The van der Waals surface area contributed by atoms with E-state index in [1.165, 1.54) is 0 Å². The summed E-state index contributed by atoms with van der Waals surface area (Å²) in [7, 11) is 0. The van der Waals surface area contributed by atoms with Gasteiger partial charge in [-0.15, -0.1) is 0 Å². The lowest BCUT2D eigenvalue weighted by molar-refractivity contribution is 0.588. The minimum Gasteiger partial charge on any atom is -0.385 e. The summed E-state index contributed by atoms with van der Waals surface area (Å²) in [6.45, 7) is 2.16. The van der Waals surface area contributed by atoms with Gasteiger partial charge in [0.2, 0.25) is 0 Å². The van der Waals surface area contributed by atoms with Crippen molar-refractivity contribution >= 4 is 0 Å². The Balaban J connectivity index is 2.67. The first kappa shape index (κ1) is 6.33. The molecule has 0 unspecified atom stereocenters. The first-order valence-electron chi connectivity index (χ1n) is 3.03. The van der Waals surface area contributed by atoms with Gasteiger partial charge in [0.05, 0.1) is 6.54 Å². The SMILES string of the molecule is CC1=C(F)CNC=CC1. The third kappa shape index (κ3) is 1.56. The number of hydrogen-bond donors (Lipinski definition) is 1. The molecule has 0 saturated carbocycles. The molecule has 0 aromatic rings. The van der Waals surface area contributed by atoms with E-state index >= 15 is 0 Å². The second kappa shape index (κ2) is 2.67. The van der Waals surface area contributed by atoms with Gasteiger partial charge in [0.25, 0.3) is 0 Å². The molecular weight excluding hydrogens is 117 g/mol. The van der Waals surface area contributed by atoms with Crippen molar-refractivity contribution in [2.75, 3.05) is 6.54 Å². The zero-order chi connectivity index (χ0) is 6.69. The summed E-state index contributed by atoms with van der Waals surface area (Å²) in [6, 6.07) is 0. The zero-order valence-corrected chi connectivity index (χ0v) is 5.45. The molecule has 0 aromatic heterocycles. The molecule has 0 radical (unpaired) electrons. The van der Waals surface area contributed by atoms with Gasteiger partial charge in [0, 0.05) is 0 Å². The Morgan fingerprint density at radius 3 is 3.22 bits per heavy atom. The van der Waals surface area contributed by atoms with Gasteiger partial charge in [0.15, 0.2) is 0 Å². The molecule has 0 atom stereocenters. The lowest BCUT2D eigenvalue weighted by Gasteiger charge is -1.96. The van der Waals surface area contributed by atoms with Gasteiger partial charge >= 0.3 is 0 Å². The summed E-state index contributed by atoms with van der Waals surface area (Å²) in [5, 5.41) is 2.81. The normalized spacial score (nSPS) is 19.3. The quantitative estimate of drug-likeness (QED) is 0.522. The Morgan fingerprint density at radius 2 is 2.44 bits per heavy atom. The zero-order valence-electron chi connectivity index (χ0n) is 5.45. The van der Waals surface area contributed by atoms with Crippen LogP contribution in [-0.4, -0.2) is 6.54 Å². The topological polar surface area (TPSA) is 12.0 Å². The van der Waals surface area contributed by atoms with Gasteiger partial charge in [-0.05, 0) is 25.1 Å². The van der Waals surface area contributed by atoms with Crippen molar-refractivity contribution in [3.8, 4) is 0 Å². The van der Waals surface area contributed by atoms with Gasteiger partial charge in [-0.25, -0.2) is 4.39 Å². The molecule has 9 heavy (non-hydrogen) atoms. The van der Waals surface area contributed by atoms with E-state index in [9.17, 15) is 4.39 Å². The van der Waals surface area contributed by atoms with Crippen LogP contribution in [0.1, 0.15) is 13.3 Å². The van der Waals surface area contributed by atoms with Crippen molar-refractivity contribution in [3.05, 3.63) is 23.7 Å². The Morgan fingerprint density at radius 1 is 1.67 bits per heavy atom. The second-order valence-electron chi connectivity index (χ2n) is 2.17. The largest absolute Gasteiger partial charge is 0.385 e. The molecule has 1 nitrogen and oxygen atoms in total. The second-order valence-corrected chi connectivity index (χ2v) is 2.17. The van der Waals surface area contributed by atoms with Crippen LogP contribution in [0.3, 0.4) is 0 Å². The summed E-state index contributed by atoms with van der Waals surface area (Å²) >= 11 is 0. The molecule has 0 bridgehead atoms. The van der Waals surface area contributed by atoms with Crippen molar-refractivity contribution in [3.63, 3.8) is 0 Å².